The van der Waals surface area contributed by atoms with Gasteiger partial charge in [0.1, 0.15) is 10.8 Å². The van der Waals surface area contributed by atoms with E-state index in [4.69, 9.17) is 0 Å². The lowest BCUT2D eigenvalue weighted by Crippen LogP contribution is -2.05. The first kappa shape index (κ1) is 14.8. The normalized spacial score (nSPS) is 11.0. The van der Waals surface area contributed by atoms with Gasteiger partial charge in [-0.15, -0.1) is 11.3 Å². The van der Waals surface area contributed by atoms with Crippen molar-refractivity contribution in [2.75, 3.05) is 11.9 Å². The number of hydrogen-bond donors (Lipinski definition) is 2. The number of anilines is 1. The van der Waals surface area contributed by atoms with Crippen LogP contribution in [0.1, 0.15) is 5.56 Å². The van der Waals surface area contributed by atoms with Gasteiger partial charge in [0.25, 0.3) is 0 Å². The Kier molecular flexibility index (Phi) is 3.96. The van der Waals surface area contributed by atoms with Crippen LogP contribution >= 0.6 is 11.3 Å². The number of H-pyrrole nitrogens is 1. The number of aromatic amines is 1. The summed E-state index contributed by atoms with van der Waals surface area (Å²) in [5.74, 6) is 0.531. The Bertz CT molecular complexity index is 945. The van der Waals surface area contributed by atoms with Crippen LogP contribution in [-0.4, -0.2) is 21.5 Å². The highest BCUT2D eigenvalue weighted by Gasteiger charge is 2.06. The zero-order valence-corrected chi connectivity index (χ0v) is 13.6. The number of imidazole rings is 1. The molecular formula is C18H15FN4S. The molecule has 0 aliphatic carbocycles. The minimum atomic E-state index is -0.208. The van der Waals surface area contributed by atoms with Crippen LogP contribution in [0.3, 0.4) is 0 Å². The summed E-state index contributed by atoms with van der Waals surface area (Å²) in [6, 6.07) is 12.7. The molecule has 4 rings (SSSR count). The molecule has 0 unspecified atom stereocenters. The molecular weight excluding hydrogens is 323 g/mol. The van der Waals surface area contributed by atoms with Crippen molar-refractivity contribution in [1.29, 1.82) is 0 Å². The smallest absolute Gasteiger partial charge is 0.201 e. The molecule has 0 spiro atoms. The summed E-state index contributed by atoms with van der Waals surface area (Å²) >= 11 is 1.62. The number of fused-ring (bicyclic) bond motifs is 1. The van der Waals surface area contributed by atoms with Crippen molar-refractivity contribution in [1.82, 2.24) is 15.0 Å². The van der Waals surface area contributed by atoms with Crippen LogP contribution in [-0.2, 0) is 6.42 Å². The Morgan fingerprint density at radius 1 is 1.12 bits per heavy atom. The minimum Gasteiger partial charge on any atom is -0.355 e. The molecule has 120 valence electrons. The van der Waals surface area contributed by atoms with E-state index in [1.54, 1.807) is 29.7 Å². The van der Waals surface area contributed by atoms with Gasteiger partial charge >= 0.3 is 0 Å². The lowest BCUT2D eigenvalue weighted by atomic mass is 10.1. The summed E-state index contributed by atoms with van der Waals surface area (Å²) in [4.78, 5) is 12.2. The van der Waals surface area contributed by atoms with E-state index in [1.165, 1.54) is 12.1 Å². The number of rotatable bonds is 5. The fourth-order valence-corrected chi connectivity index (χ4v) is 3.20. The molecule has 0 bridgehead atoms. The third-order valence-corrected chi connectivity index (χ3v) is 4.60. The molecule has 0 aliphatic rings. The molecule has 4 nitrogen and oxygen atoms in total. The minimum absolute atomic E-state index is 0.208. The second-order valence-corrected chi connectivity index (χ2v) is 6.35. The maximum Gasteiger partial charge on any atom is 0.201 e. The van der Waals surface area contributed by atoms with Gasteiger partial charge in [0.2, 0.25) is 5.95 Å². The first-order chi connectivity index (χ1) is 11.8. The predicted octanol–water partition coefficient (Wildman–Crippen LogP) is 4.48. The van der Waals surface area contributed by atoms with E-state index in [0.717, 1.165) is 46.1 Å². The van der Waals surface area contributed by atoms with Crippen LogP contribution in [0.4, 0.5) is 10.3 Å². The van der Waals surface area contributed by atoms with Crippen molar-refractivity contribution in [3.63, 3.8) is 0 Å². The molecule has 6 heteroatoms. The highest BCUT2D eigenvalue weighted by Crippen LogP contribution is 2.25. The zero-order chi connectivity index (χ0) is 16.4. The molecule has 0 saturated carbocycles. The maximum absolute atomic E-state index is 12.9. The average Bonchev–Trinajstić information content (AvgIpc) is 3.25. The number of aromatic nitrogens is 3. The lowest BCUT2D eigenvalue weighted by Gasteiger charge is -2.03. The first-order valence-corrected chi connectivity index (χ1v) is 8.54. The van der Waals surface area contributed by atoms with E-state index in [9.17, 15) is 4.39 Å². The average molecular weight is 338 g/mol. The Morgan fingerprint density at radius 2 is 2.00 bits per heavy atom. The summed E-state index contributed by atoms with van der Waals surface area (Å²) in [5.41, 5.74) is 4.07. The number of hydrogen-bond acceptors (Lipinski definition) is 4. The van der Waals surface area contributed by atoms with Crippen LogP contribution in [0.5, 0.6) is 0 Å². The molecule has 24 heavy (non-hydrogen) atoms. The molecule has 0 radical (unpaired) electrons. The Morgan fingerprint density at radius 3 is 2.79 bits per heavy atom. The number of benzene rings is 2. The first-order valence-electron chi connectivity index (χ1n) is 7.66. The van der Waals surface area contributed by atoms with E-state index >= 15 is 0 Å². The maximum atomic E-state index is 12.9. The van der Waals surface area contributed by atoms with Crippen LogP contribution in [0, 0.1) is 5.82 Å². The van der Waals surface area contributed by atoms with Gasteiger partial charge < -0.3 is 10.3 Å². The van der Waals surface area contributed by atoms with Crippen LogP contribution < -0.4 is 5.32 Å². The predicted molar refractivity (Wildman–Crippen MR) is 95.8 cm³/mol. The third kappa shape index (κ3) is 3.14. The highest BCUT2D eigenvalue weighted by molar-refractivity contribution is 7.13. The number of nitrogens with zero attached hydrogens (tertiary/aromatic N) is 2. The summed E-state index contributed by atoms with van der Waals surface area (Å²) in [6.45, 7) is 0.727. The van der Waals surface area contributed by atoms with Gasteiger partial charge in [0.15, 0.2) is 0 Å². The highest BCUT2D eigenvalue weighted by atomic mass is 32.1. The third-order valence-electron chi connectivity index (χ3n) is 3.78. The van der Waals surface area contributed by atoms with E-state index in [1.807, 2.05) is 17.5 Å². The SMILES string of the molecule is Fc1ccc(CCNc2nc3ccc(-c4nccs4)cc3[nH]2)cc1. The molecule has 0 amide bonds. The number of thiazole rings is 1. The monoisotopic (exact) mass is 338 g/mol. The van der Waals surface area contributed by atoms with Crippen molar-refractivity contribution in [3.05, 3.63) is 65.4 Å². The van der Waals surface area contributed by atoms with Gasteiger partial charge in [0.05, 0.1) is 11.0 Å². The molecule has 2 heterocycles. The lowest BCUT2D eigenvalue weighted by molar-refractivity contribution is 0.627. The topological polar surface area (TPSA) is 53.6 Å². The molecule has 0 saturated heterocycles. The Labute approximate surface area is 142 Å². The molecule has 2 aromatic carbocycles. The summed E-state index contributed by atoms with van der Waals surface area (Å²) in [7, 11) is 0. The number of halogens is 1. The fourth-order valence-electron chi connectivity index (χ4n) is 2.57. The molecule has 2 N–H and O–H groups in total. The van der Waals surface area contributed by atoms with Crippen molar-refractivity contribution >= 4 is 28.3 Å². The van der Waals surface area contributed by atoms with Crippen LogP contribution in [0.15, 0.2) is 54.0 Å². The van der Waals surface area contributed by atoms with E-state index in [-0.39, 0.29) is 5.82 Å². The van der Waals surface area contributed by atoms with Crippen LogP contribution in [0.25, 0.3) is 21.6 Å². The van der Waals surface area contributed by atoms with E-state index < -0.39 is 0 Å². The second-order valence-electron chi connectivity index (χ2n) is 5.46. The van der Waals surface area contributed by atoms with Gasteiger partial charge in [-0.1, -0.05) is 12.1 Å². The van der Waals surface area contributed by atoms with Gasteiger partial charge in [0, 0.05) is 23.7 Å². The van der Waals surface area contributed by atoms with Crippen molar-refractivity contribution in [3.8, 4) is 10.6 Å². The van der Waals surface area contributed by atoms with Gasteiger partial charge in [-0.3, -0.25) is 0 Å². The summed E-state index contributed by atoms with van der Waals surface area (Å²) in [5, 5.41) is 6.24. The number of nitrogens with one attached hydrogen (secondary N) is 2. The molecule has 4 aromatic rings. The van der Waals surface area contributed by atoms with Gasteiger partial charge in [-0.05, 0) is 42.3 Å². The quantitative estimate of drug-likeness (QED) is 0.564. The summed E-state index contributed by atoms with van der Waals surface area (Å²) < 4.78 is 12.9. The van der Waals surface area contributed by atoms with Gasteiger partial charge in [-0.2, -0.15) is 0 Å². The molecule has 0 aliphatic heterocycles. The zero-order valence-electron chi connectivity index (χ0n) is 12.8. The standard InChI is InChI=1S/C18H15FN4S/c19-14-4-1-12(2-5-14)7-8-21-18-22-15-6-3-13(11-16(15)23-18)17-20-9-10-24-17/h1-6,9-11H,7-8H2,(H2,21,22,23). The molecule has 0 fully saturated rings. The van der Waals surface area contributed by atoms with Crippen molar-refractivity contribution in [2.24, 2.45) is 0 Å². The van der Waals surface area contributed by atoms with Crippen LogP contribution in [0.2, 0.25) is 0 Å². The summed E-state index contributed by atoms with van der Waals surface area (Å²) in [6.07, 6.45) is 2.61. The van der Waals surface area contributed by atoms with E-state index in [0.29, 0.717) is 0 Å². The second kappa shape index (κ2) is 6.41. The Hall–Kier alpha value is -2.73. The largest absolute Gasteiger partial charge is 0.355 e. The van der Waals surface area contributed by atoms with Gasteiger partial charge in [-0.25, -0.2) is 14.4 Å². The fraction of sp³-hybridized carbons (Fsp3) is 0.111. The molecule has 2 aromatic heterocycles. The molecule has 0 atom stereocenters. The van der Waals surface area contributed by atoms with E-state index in [2.05, 4.69) is 26.3 Å². The van der Waals surface area contributed by atoms with Crippen molar-refractivity contribution < 1.29 is 4.39 Å². The Balaban J connectivity index is 1.45. The van der Waals surface area contributed by atoms with Crippen molar-refractivity contribution in [2.45, 2.75) is 6.42 Å².